The number of H-pyrrole nitrogens is 1. The summed E-state index contributed by atoms with van der Waals surface area (Å²) in [6.07, 6.45) is 3.15. The first-order chi connectivity index (χ1) is 9.63. The number of benzene rings is 1. The van der Waals surface area contributed by atoms with Crippen LogP contribution in [0.25, 0.3) is 0 Å². The lowest BCUT2D eigenvalue weighted by atomic mass is 9.91. The Morgan fingerprint density at radius 1 is 1.30 bits per heavy atom. The molecule has 3 nitrogen and oxygen atoms in total. The molecule has 0 fully saturated rings. The normalized spacial score (nSPS) is 17.6. The molecule has 0 radical (unpaired) electrons. The first kappa shape index (κ1) is 13.4. The summed E-state index contributed by atoms with van der Waals surface area (Å²) in [4.78, 5) is 14.4. The fraction of sp³-hybridized carbons (Fsp3) is 0.312. The third-order valence-corrected chi connectivity index (χ3v) is 4.34. The summed E-state index contributed by atoms with van der Waals surface area (Å²) < 4.78 is 1.09. The number of nitrogens with one attached hydrogen (secondary N) is 2. The van der Waals surface area contributed by atoms with E-state index in [0.717, 1.165) is 35.1 Å². The predicted molar refractivity (Wildman–Crippen MR) is 85.2 cm³/mol. The lowest BCUT2D eigenvalue weighted by Crippen LogP contribution is -2.21. The molecule has 1 unspecified atom stereocenters. The molecule has 1 atom stereocenters. The van der Waals surface area contributed by atoms with E-state index in [2.05, 4.69) is 45.3 Å². The standard InChI is InChI=1S/C16H17BrN2O/c1-10-9-11(17)5-7-13(10)18-14-3-2-4-15-12(14)6-8-16(20)19-15/h5-9,14,18H,2-4H2,1H3,(H,19,20). The van der Waals surface area contributed by atoms with Crippen LogP contribution in [0.4, 0.5) is 5.69 Å². The van der Waals surface area contributed by atoms with E-state index in [9.17, 15) is 4.79 Å². The van der Waals surface area contributed by atoms with Crippen LogP contribution in [0.2, 0.25) is 0 Å². The van der Waals surface area contributed by atoms with Gasteiger partial charge in [-0.25, -0.2) is 0 Å². The Kier molecular flexibility index (Phi) is 3.66. The maximum atomic E-state index is 11.4. The van der Waals surface area contributed by atoms with E-state index >= 15 is 0 Å². The van der Waals surface area contributed by atoms with Gasteiger partial charge in [0.25, 0.3) is 0 Å². The first-order valence-electron chi connectivity index (χ1n) is 6.88. The van der Waals surface area contributed by atoms with E-state index in [-0.39, 0.29) is 11.6 Å². The van der Waals surface area contributed by atoms with Crippen molar-refractivity contribution in [2.75, 3.05) is 5.32 Å². The van der Waals surface area contributed by atoms with Gasteiger partial charge in [-0.2, -0.15) is 0 Å². The van der Waals surface area contributed by atoms with Gasteiger partial charge in [0.1, 0.15) is 0 Å². The Bertz CT molecular complexity index is 693. The number of fused-ring (bicyclic) bond motifs is 1. The lowest BCUT2D eigenvalue weighted by Gasteiger charge is -2.27. The number of hydrogen-bond donors (Lipinski definition) is 2. The average molecular weight is 333 g/mol. The van der Waals surface area contributed by atoms with Gasteiger partial charge in [0.2, 0.25) is 5.56 Å². The third kappa shape index (κ3) is 2.66. The minimum absolute atomic E-state index is 0.00998. The van der Waals surface area contributed by atoms with Crippen molar-refractivity contribution in [2.24, 2.45) is 0 Å². The third-order valence-electron chi connectivity index (χ3n) is 3.85. The van der Waals surface area contributed by atoms with Crippen LogP contribution in [0.15, 0.2) is 39.6 Å². The molecule has 2 aromatic rings. The van der Waals surface area contributed by atoms with Crippen LogP contribution < -0.4 is 10.9 Å². The van der Waals surface area contributed by atoms with E-state index < -0.39 is 0 Å². The molecule has 1 aromatic heterocycles. The topological polar surface area (TPSA) is 44.9 Å². The van der Waals surface area contributed by atoms with E-state index in [4.69, 9.17) is 0 Å². The lowest BCUT2D eigenvalue weighted by molar-refractivity contribution is 0.586. The Balaban J connectivity index is 1.91. The fourth-order valence-corrected chi connectivity index (χ4v) is 3.30. The second kappa shape index (κ2) is 5.44. The molecular formula is C16H17BrN2O. The van der Waals surface area contributed by atoms with E-state index in [1.165, 1.54) is 11.1 Å². The van der Waals surface area contributed by atoms with Gasteiger partial charge in [-0.15, -0.1) is 0 Å². The van der Waals surface area contributed by atoms with Crippen molar-refractivity contribution >= 4 is 21.6 Å². The molecule has 104 valence electrons. The summed E-state index contributed by atoms with van der Waals surface area (Å²) in [5, 5.41) is 3.61. The molecule has 0 bridgehead atoms. The number of halogens is 1. The predicted octanol–water partition coefficient (Wildman–Crippen LogP) is 3.94. The molecule has 4 heteroatoms. The highest BCUT2D eigenvalue weighted by atomic mass is 79.9. The Morgan fingerprint density at radius 2 is 2.15 bits per heavy atom. The van der Waals surface area contributed by atoms with Crippen molar-refractivity contribution in [3.05, 3.63) is 62.0 Å². The van der Waals surface area contributed by atoms with Gasteiger partial charge in [0.15, 0.2) is 0 Å². The number of hydrogen-bond acceptors (Lipinski definition) is 2. The van der Waals surface area contributed by atoms with Crippen molar-refractivity contribution in [3.8, 4) is 0 Å². The van der Waals surface area contributed by atoms with Crippen molar-refractivity contribution in [3.63, 3.8) is 0 Å². The fourth-order valence-electron chi connectivity index (χ4n) is 2.83. The second-order valence-electron chi connectivity index (χ2n) is 5.30. The number of aryl methyl sites for hydroxylation is 2. The van der Waals surface area contributed by atoms with Crippen molar-refractivity contribution in [2.45, 2.75) is 32.2 Å². The highest BCUT2D eigenvalue weighted by Crippen LogP contribution is 2.32. The quantitative estimate of drug-likeness (QED) is 0.874. The molecule has 1 aliphatic rings. The molecule has 1 aromatic carbocycles. The smallest absolute Gasteiger partial charge is 0.248 e. The second-order valence-corrected chi connectivity index (χ2v) is 6.22. The molecule has 0 amide bonds. The zero-order valence-corrected chi connectivity index (χ0v) is 13.0. The Morgan fingerprint density at radius 3 is 2.95 bits per heavy atom. The number of pyridine rings is 1. The largest absolute Gasteiger partial charge is 0.378 e. The zero-order chi connectivity index (χ0) is 14.1. The summed E-state index contributed by atoms with van der Waals surface area (Å²) in [5.41, 5.74) is 4.66. The van der Waals surface area contributed by atoms with Gasteiger partial charge < -0.3 is 10.3 Å². The van der Waals surface area contributed by atoms with Crippen LogP contribution in [0.3, 0.4) is 0 Å². The molecular weight excluding hydrogens is 316 g/mol. The Hall–Kier alpha value is -1.55. The van der Waals surface area contributed by atoms with Gasteiger partial charge in [-0.05, 0) is 61.6 Å². The molecule has 0 spiro atoms. The van der Waals surface area contributed by atoms with Crippen molar-refractivity contribution in [1.29, 1.82) is 0 Å². The van der Waals surface area contributed by atoms with E-state index in [0.29, 0.717) is 0 Å². The van der Waals surface area contributed by atoms with Gasteiger partial charge in [0.05, 0.1) is 6.04 Å². The number of aromatic nitrogens is 1. The average Bonchev–Trinajstić information content (AvgIpc) is 2.41. The molecule has 0 saturated carbocycles. The molecule has 0 aliphatic heterocycles. The summed E-state index contributed by atoms with van der Waals surface area (Å²) in [6, 6.07) is 10.1. The summed E-state index contributed by atoms with van der Waals surface area (Å²) in [6.45, 7) is 2.10. The summed E-state index contributed by atoms with van der Waals surface area (Å²) >= 11 is 3.49. The highest BCUT2D eigenvalue weighted by molar-refractivity contribution is 9.10. The van der Waals surface area contributed by atoms with Crippen LogP contribution in [-0.4, -0.2) is 4.98 Å². The van der Waals surface area contributed by atoms with Crippen LogP contribution in [-0.2, 0) is 6.42 Å². The van der Waals surface area contributed by atoms with Crippen LogP contribution in [0, 0.1) is 6.92 Å². The molecule has 2 N–H and O–H groups in total. The molecule has 0 saturated heterocycles. The van der Waals surface area contributed by atoms with Crippen molar-refractivity contribution in [1.82, 2.24) is 4.98 Å². The maximum Gasteiger partial charge on any atom is 0.248 e. The minimum Gasteiger partial charge on any atom is -0.378 e. The van der Waals surface area contributed by atoms with Crippen molar-refractivity contribution < 1.29 is 0 Å². The number of aromatic amines is 1. The van der Waals surface area contributed by atoms with E-state index in [1.54, 1.807) is 6.07 Å². The summed E-state index contributed by atoms with van der Waals surface area (Å²) in [7, 11) is 0. The first-order valence-corrected chi connectivity index (χ1v) is 7.67. The van der Waals surface area contributed by atoms with Gasteiger partial charge in [-0.3, -0.25) is 4.79 Å². The monoisotopic (exact) mass is 332 g/mol. The SMILES string of the molecule is Cc1cc(Br)ccc1NC1CCCc2[nH]c(=O)ccc21. The highest BCUT2D eigenvalue weighted by Gasteiger charge is 2.21. The molecule has 1 heterocycles. The van der Waals surface area contributed by atoms with Gasteiger partial charge in [0, 0.05) is 21.9 Å². The van der Waals surface area contributed by atoms with Gasteiger partial charge >= 0.3 is 0 Å². The van der Waals surface area contributed by atoms with Crippen LogP contribution in [0.1, 0.15) is 35.7 Å². The molecule has 3 rings (SSSR count). The van der Waals surface area contributed by atoms with E-state index in [1.807, 2.05) is 12.1 Å². The van der Waals surface area contributed by atoms with Gasteiger partial charge in [-0.1, -0.05) is 15.9 Å². The minimum atomic E-state index is -0.00998. The number of rotatable bonds is 2. The van der Waals surface area contributed by atoms with Crippen LogP contribution in [0.5, 0.6) is 0 Å². The van der Waals surface area contributed by atoms with Crippen LogP contribution >= 0.6 is 15.9 Å². The molecule has 1 aliphatic carbocycles. The zero-order valence-electron chi connectivity index (χ0n) is 11.4. The number of anilines is 1. The Labute approximate surface area is 126 Å². The summed E-state index contributed by atoms with van der Waals surface area (Å²) in [5.74, 6) is 0. The molecule has 20 heavy (non-hydrogen) atoms. The maximum absolute atomic E-state index is 11.4.